The molecule has 0 unspecified atom stereocenters. The van der Waals surface area contributed by atoms with Gasteiger partial charge in [-0.15, -0.1) is 0 Å². The maximum absolute atomic E-state index is 4.65. The van der Waals surface area contributed by atoms with Crippen molar-refractivity contribution >= 4 is 0 Å². The Labute approximate surface area is 109 Å². The monoisotopic (exact) mass is 237 g/mol. The molecule has 3 rings (SSSR count). The molecule has 2 aromatic rings. The second kappa shape index (κ2) is 4.93. The maximum Gasteiger partial charge on any atom is 0.0509 e. The third kappa shape index (κ3) is 1.94. The highest BCUT2D eigenvalue weighted by Gasteiger charge is 2.36. The van der Waals surface area contributed by atoms with Crippen molar-refractivity contribution in [3.8, 4) is 0 Å². The van der Waals surface area contributed by atoms with Gasteiger partial charge in [0, 0.05) is 11.6 Å². The molecule has 0 bridgehead atoms. The van der Waals surface area contributed by atoms with Crippen molar-refractivity contribution in [3.05, 3.63) is 66.0 Å². The summed E-state index contributed by atoms with van der Waals surface area (Å²) in [6.07, 6.45) is 8.37. The topological polar surface area (TPSA) is 12.9 Å². The lowest BCUT2D eigenvalue weighted by molar-refractivity contribution is 0.338. The highest BCUT2D eigenvalue weighted by molar-refractivity contribution is 5.36. The summed E-state index contributed by atoms with van der Waals surface area (Å²) in [6, 6.07) is 17.2. The Morgan fingerprint density at radius 2 is 1.50 bits per heavy atom. The van der Waals surface area contributed by atoms with Crippen LogP contribution in [0.1, 0.15) is 43.4 Å². The van der Waals surface area contributed by atoms with E-state index < -0.39 is 0 Å². The Morgan fingerprint density at radius 3 is 2.17 bits per heavy atom. The van der Waals surface area contributed by atoms with Crippen molar-refractivity contribution in [2.24, 2.45) is 0 Å². The number of benzene rings is 1. The molecule has 0 radical (unpaired) electrons. The van der Waals surface area contributed by atoms with E-state index >= 15 is 0 Å². The minimum atomic E-state index is 0.154. The molecule has 0 amide bonds. The standard InChI is InChI=1S/C17H19N/c1-3-9-15(10-4-1)17(12-6-2-7-13-17)16-11-5-8-14-18-16/h1,3-5,8-11,14H,2,6-7,12-13H2. The first-order valence-corrected chi connectivity index (χ1v) is 6.89. The molecule has 92 valence electrons. The summed E-state index contributed by atoms with van der Waals surface area (Å²) in [5, 5.41) is 0. The van der Waals surface area contributed by atoms with Gasteiger partial charge in [0.15, 0.2) is 0 Å². The van der Waals surface area contributed by atoms with Crippen LogP contribution in [0, 0.1) is 0 Å². The summed E-state index contributed by atoms with van der Waals surface area (Å²) in [5.41, 5.74) is 2.83. The van der Waals surface area contributed by atoms with Crippen LogP contribution in [-0.2, 0) is 5.41 Å². The fourth-order valence-electron chi connectivity index (χ4n) is 3.25. The Hall–Kier alpha value is -1.63. The summed E-state index contributed by atoms with van der Waals surface area (Å²) >= 11 is 0. The Morgan fingerprint density at radius 1 is 0.778 bits per heavy atom. The van der Waals surface area contributed by atoms with E-state index in [0.717, 1.165) is 0 Å². The molecule has 1 heterocycles. The average molecular weight is 237 g/mol. The highest BCUT2D eigenvalue weighted by Crippen LogP contribution is 2.43. The molecule has 1 aromatic heterocycles. The van der Waals surface area contributed by atoms with Crippen LogP contribution in [0.5, 0.6) is 0 Å². The van der Waals surface area contributed by atoms with Crippen LogP contribution >= 0.6 is 0 Å². The van der Waals surface area contributed by atoms with Gasteiger partial charge in [-0.1, -0.05) is 55.7 Å². The van der Waals surface area contributed by atoms with E-state index in [-0.39, 0.29) is 5.41 Å². The van der Waals surface area contributed by atoms with Crippen LogP contribution in [0.15, 0.2) is 54.7 Å². The summed E-state index contributed by atoms with van der Waals surface area (Å²) in [5.74, 6) is 0. The van der Waals surface area contributed by atoms with Gasteiger partial charge in [0.05, 0.1) is 5.69 Å². The predicted molar refractivity (Wildman–Crippen MR) is 74.5 cm³/mol. The first-order chi connectivity index (χ1) is 8.92. The molecule has 1 saturated carbocycles. The smallest absolute Gasteiger partial charge is 0.0509 e. The lowest BCUT2D eigenvalue weighted by Gasteiger charge is -2.37. The first-order valence-electron chi connectivity index (χ1n) is 6.89. The van der Waals surface area contributed by atoms with Crippen molar-refractivity contribution in [3.63, 3.8) is 0 Å². The minimum absolute atomic E-state index is 0.154. The van der Waals surface area contributed by atoms with E-state index in [2.05, 4.69) is 47.4 Å². The Balaban J connectivity index is 2.10. The molecule has 1 aliphatic rings. The summed E-state index contributed by atoms with van der Waals surface area (Å²) in [7, 11) is 0. The zero-order valence-corrected chi connectivity index (χ0v) is 10.7. The largest absolute Gasteiger partial charge is 0.260 e. The molecular formula is C17H19N. The fourth-order valence-corrected chi connectivity index (χ4v) is 3.25. The lowest BCUT2D eigenvalue weighted by Crippen LogP contribution is -2.31. The number of hydrogen-bond donors (Lipinski definition) is 0. The number of nitrogens with zero attached hydrogens (tertiary/aromatic N) is 1. The number of rotatable bonds is 2. The lowest BCUT2D eigenvalue weighted by atomic mass is 9.67. The zero-order valence-electron chi connectivity index (χ0n) is 10.7. The van der Waals surface area contributed by atoms with Crippen LogP contribution in [0.2, 0.25) is 0 Å². The SMILES string of the molecule is c1ccc(C2(c3ccccn3)CCCCC2)cc1. The molecule has 1 aliphatic carbocycles. The van der Waals surface area contributed by atoms with Crippen LogP contribution in [0.4, 0.5) is 0 Å². The molecule has 0 spiro atoms. The molecule has 0 N–H and O–H groups in total. The summed E-state index contributed by atoms with van der Waals surface area (Å²) in [6.45, 7) is 0. The maximum atomic E-state index is 4.65. The molecule has 1 aromatic carbocycles. The van der Waals surface area contributed by atoms with Gasteiger partial charge in [-0.2, -0.15) is 0 Å². The van der Waals surface area contributed by atoms with E-state index in [0.29, 0.717) is 0 Å². The molecule has 0 saturated heterocycles. The Kier molecular flexibility index (Phi) is 3.14. The first kappa shape index (κ1) is 11.5. The van der Waals surface area contributed by atoms with Crippen molar-refractivity contribution in [2.45, 2.75) is 37.5 Å². The summed E-state index contributed by atoms with van der Waals surface area (Å²) < 4.78 is 0. The van der Waals surface area contributed by atoms with Crippen LogP contribution < -0.4 is 0 Å². The van der Waals surface area contributed by atoms with Crippen LogP contribution in [0.25, 0.3) is 0 Å². The average Bonchev–Trinajstić information content (AvgIpc) is 2.50. The van der Waals surface area contributed by atoms with E-state index in [1.54, 1.807) is 0 Å². The van der Waals surface area contributed by atoms with Crippen molar-refractivity contribution < 1.29 is 0 Å². The van der Waals surface area contributed by atoms with Gasteiger partial charge in [0.2, 0.25) is 0 Å². The third-order valence-corrected chi connectivity index (χ3v) is 4.19. The van der Waals surface area contributed by atoms with E-state index in [1.807, 2.05) is 12.3 Å². The molecule has 0 aliphatic heterocycles. The fraction of sp³-hybridized carbons (Fsp3) is 0.353. The molecule has 1 heteroatoms. The number of pyridine rings is 1. The number of hydrogen-bond acceptors (Lipinski definition) is 1. The van der Waals surface area contributed by atoms with Gasteiger partial charge >= 0.3 is 0 Å². The van der Waals surface area contributed by atoms with E-state index in [9.17, 15) is 0 Å². The molecular weight excluding hydrogens is 218 g/mol. The van der Waals surface area contributed by atoms with Gasteiger partial charge in [-0.3, -0.25) is 4.98 Å². The Bertz CT molecular complexity index is 442. The molecule has 0 atom stereocenters. The normalized spacial score (nSPS) is 18.4. The van der Waals surface area contributed by atoms with Crippen molar-refractivity contribution in [1.29, 1.82) is 0 Å². The highest BCUT2D eigenvalue weighted by atomic mass is 14.7. The predicted octanol–water partition coefficient (Wildman–Crippen LogP) is 4.33. The second-order valence-corrected chi connectivity index (χ2v) is 5.22. The number of aromatic nitrogens is 1. The summed E-state index contributed by atoms with van der Waals surface area (Å²) in [4.78, 5) is 4.65. The van der Waals surface area contributed by atoms with Crippen LogP contribution in [-0.4, -0.2) is 4.98 Å². The van der Waals surface area contributed by atoms with E-state index in [4.69, 9.17) is 0 Å². The zero-order chi connectivity index (χ0) is 12.3. The van der Waals surface area contributed by atoms with E-state index in [1.165, 1.54) is 43.4 Å². The molecule has 1 nitrogen and oxygen atoms in total. The molecule has 1 fully saturated rings. The van der Waals surface area contributed by atoms with Gasteiger partial charge in [-0.25, -0.2) is 0 Å². The van der Waals surface area contributed by atoms with Crippen LogP contribution in [0.3, 0.4) is 0 Å². The van der Waals surface area contributed by atoms with Gasteiger partial charge in [0.25, 0.3) is 0 Å². The minimum Gasteiger partial charge on any atom is -0.260 e. The molecule has 18 heavy (non-hydrogen) atoms. The second-order valence-electron chi connectivity index (χ2n) is 5.22. The van der Waals surface area contributed by atoms with Gasteiger partial charge < -0.3 is 0 Å². The third-order valence-electron chi connectivity index (χ3n) is 4.19. The van der Waals surface area contributed by atoms with Gasteiger partial charge in [-0.05, 0) is 30.5 Å². The quantitative estimate of drug-likeness (QED) is 0.757. The van der Waals surface area contributed by atoms with Gasteiger partial charge in [0.1, 0.15) is 0 Å². The van der Waals surface area contributed by atoms with Crippen molar-refractivity contribution in [2.75, 3.05) is 0 Å². The van der Waals surface area contributed by atoms with Crippen molar-refractivity contribution in [1.82, 2.24) is 4.98 Å².